The van der Waals surface area contributed by atoms with Crippen molar-refractivity contribution >= 4 is 7.87 Å². The number of allylic oxidation sites excluding steroid dienone is 1. The van der Waals surface area contributed by atoms with E-state index in [1.807, 2.05) is 50.4 Å². The number of rotatable bonds is 8. The Morgan fingerprint density at radius 2 is 1.68 bits per heavy atom. The van der Waals surface area contributed by atoms with Crippen molar-refractivity contribution in [3.8, 4) is 23.4 Å². The highest BCUT2D eigenvalue weighted by atomic mass is 31.2. The Kier molecular flexibility index (Phi) is 9.77. The second-order valence-corrected chi connectivity index (χ2v) is 9.26. The van der Waals surface area contributed by atoms with Gasteiger partial charge in [-0.25, -0.2) is 0 Å². The van der Waals surface area contributed by atoms with Gasteiger partial charge in [-0.05, 0) is 44.6 Å². The Labute approximate surface area is 171 Å². The molecule has 1 aromatic rings. The molecule has 1 saturated heterocycles. The summed E-state index contributed by atoms with van der Waals surface area (Å²) in [6, 6.07) is 9.98. The highest BCUT2D eigenvalue weighted by Crippen LogP contribution is 2.64. The molecule has 3 atom stereocenters. The van der Waals surface area contributed by atoms with Gasteiger partial charge in [0.1, 0.15) is 11.8 Å². The smallest absolute Gasteiger partial charge is 0.256 e. The van der Waals surface area contributed by atoms with Crippen LogP contribution in [0, 0.1) is 23.4 Å². The van der Waals surface area contributed by atoms with Gasteiger partial charge in [0.25, 0.3) is 7.87 Å². The molecule has 0 radical (unpaired) electrons. The lowest BCUT2D eigenvalue weighted by Gasteiger charge is -2.23. The number of hydrogen-bond acceptors (Lipinski definition) is 3. The fraction of sp³-hybridized carbons (Fsp3) is 0.500. The number of unbranched alkanes of at least 4 members (excludes halogenated alkanes) is 6. The topological polar surface area (TPSA) is 35.5 Å². The number of likely N-dealkylation sites (N-methyl/N-ethyl adjacent to an activating group) is 1. The van der Waals surface area contributed by atoms with E-state index in [1.54, 1.807) is 4.67 Å². The van der Waals surface area contributed by atoms with Crippen LogP contribution < -0.4 is 4.89 Å². The summed E-state index contributed by atoms with van der Waals surface area (Å²) < 4.78 is 7.74. The molecule has 1 heterocycles. The summed E-state index contributed by atoms with van der Waals surface area (Å²) in [5.74, 6) is 9.53. The predicted octanol–water partition coefficient (Wildman–Crippen LogP) is 5.47. The molecule has 1 fully saturated rings. The first kappa shape index (κ1) is 22.7. The van der Waals surface area contributed by atoms with Crippen LogP contribution in [0.25, 0.3) is 0 Å². The Hall–Kier alpha value is -1.61. The molecule has 150 valence electrons. The van der Waals surface area contributed by atoms with Crippen LogP contribution in [-0.2, 0) is 4.52 Å². The molecular formula is C24H32NO2P. The molecule has 1 unspecified atom stereocenters. The molecule has 4 heteroatoms. The lowest BCUT2D eigenvalue weighted by atomic mass is 10.0. The van der Waals surface area contributed by atoms with Crippen molar-refractivity contribution in [2.45, 2.75) is 70.4 Å². The van der Waals surface area contributed by atoms with Gasteiger partial charge in [0.05, 0.1) is 6.04 Å². The molecule has 0 saturated carbocycles. The van der Waals surface area contributed by atoms with E-state index in [1.165, 1.54) is 6.42 Å². The standard InChI is InChI=1S/C24H32NO2P/c1-4-5-6-7-8-9-10-11-12-13-14-18-21-28(26)25(3)22(2)24(27-28)23-19-16-15-17-20-23/h4,15-17,19-20,22,24H,1,5-8,11-14H2,2-3H3/t22-,24-,28?/m0/s1. The van der Waals surface area contributed by atoms with Crippen LogP contribution in [0.3, 0.4) is 0 Å². The zero-order valence-electron chi connectivity index (χ0n) is 17.2. The van der Waals surface area contributed by atoms with Crippen molar-refractivity contribution in [2.75, 3.05) is 7.05 Å². The Morgan fingerprint density at radius 3 is 2.32 bits per heavy atom. The van der Waals surface area contributed by atoms with Crippen LogP contribution in [0.1, 0.15) is 70.0 Å². The minimum absolute atomic E-state index is 0.0317. The molecule has 2 rings (SSSR count). The lowest BCUT2D eigenvalue weighted by molar-refractivity contribution is -0.195. The number of nitrogens with zero attached hydrogens (tertiary/aromatic N) is 1. The third-order valence-corrected chi connectivity index (χ3v) is 7.13. The SMILES string of the molecule is C=CCCCCC#CCCCCC#C[P+]1([O-])O[C@H](c2ccccc2)[C@H](C)N1C. The molecule has 0 aromatic heterocycles. The van der Waals surface area contributed by atoms with E-state index >= 15 is 0 Å². The first-order valence-electron chi connectivity index (χ1n) is 10.2. The highest BCUT2D eigenvalue weighted by Gasteiger charge is 2.50. The maximum atomic E-state index is 13.1. The van der Waals surface area contributed by atoms with Crippen molar-refractivity contribution < 1.29 is 9.42 Å². The first-order chi connectivity index (χ1) is 13.6. The van der Waals surface area contributed by atoms with Gasteiger partial charge in [0, 0.05) is 26.3 Å². The van der Waals surface area contributed by atoms with Gasteiger partial charge in [-0.1, -0.05) is 42.3 Å². The summed E-state index contributed by atoms with van der Waals surface area (Å²) in [5, 5.41) is 0. The molecule has 0 amide bonds. The highest BCUT2D eigenvalue weighted by molar-refractivity contribution is 7.67. The molecule has 0 spiro atoms. The van der Waals surface area contributed by atoms with Gasteiger partial charge >= 0.3 is 0 Å². The van der Waals surface area contributed by atoms with Gasteiger partial charge < -0.3 is 4.89 Å². The monoisotopic (exact) mass is 397 g/mol. The average molecular weight is 397 g/mol. The van der Waals surface area contributed by atoms with Gasteiger partial charge in [-0.3, -0.25) is 0 Å². The van der Waals surface area contributed by atoms with Crippen molar-refractivity contribution in [3.63, 3.8) is 0 Å². The van der Waals surface area contributed by atoms with E-state index < -0.39 is 7.87 Å². The predicted molar refractivity (Wildman–Crippen MR) is 117 cm³/mol. The van der Waals surface area contributed by atoms with E-state index in [9.17, 15) is 4.89 Å². The van der Waals surface area contributed by atoms with Crippen LogP contribution in [-0.4, -0.2) is 17.8 Å². The quantitative estimate of drug-likeness (QED) is 0.252. The molecule has 1 aliphatic heterocycles. The summed E-state index contributed by atoms with van der Waals surface area (Å²) in [6.07, 6.45) is 9.76. The molecular weight excluding hydrogens is 365 g/mol. The maximum Gasteiger partial charge on any atom is 0.256 e. The largest absolute Gasteiger partial charge is 0.630 e. The normalized spacial score (nSPS) is 24.1. The van der Waals surface area contributed by atoms with E-state index in [4.69, 9.17) is 4.52 Å². The van der Waals surface area contributed by atoms with E-state index in [-0.39, 0.29) is 12.1 Å². The molecule has 1 aliphatic rings. The average Bonchev–Trinajstić information content (AvgIpc) is 2.94. The second kappa shape index (κ2) is 12.1. The Morgan fingerprint density at radius 1 is 1.07 bits per heavy atom. The summed E-state index contributed by atoms with van der Waals surface area (Å²) in [7, 11) is -1.24. The molecule has 3 nitrogen and oxygen atoms in total. The molecule has 28 heavy (non-hydrogen) atoms. The van der Waals surface area contributed by atoms with E-state index in [2.05, 4.69) is 30.0 Å². The van der Waals surface area contributed by atoms with Crippen molar-refractivity contribution in [2.24, 2.45) is 0 Å². The zero-order valence-corrected chi connectivity index (χ0v) is 18.1. The third kappa shape index (κ3) is 6.77. The minimum Gasteiger partial charge on any atom is -0.630 e. The number of hydrogen-bond donors (Lipinski definition) is 0. The zero-order chi connectivity index (χ0) is 20.2. The second-order valence-electron chi connectivity index (χ2n) is 7.16. The van der Waals surface area contributed by atoms with E-state index in [0.717, 1.165) is 50.5 Å². The van der Waals surface area contributed by atoms with Crippen molar-refractivity contribution in [1.29, 1.82) is 0 Å². The molecule has 0 bridgehead atoms. The summed E-state index contributed by atoms with van der Waals surface area (Å²) in [6.45, 7) is 5.76. The van der Waals surface area contributed by atoms with Crippen molar-refractivity contribution in [1.82, 2.24) is 4.67 Å². The minimum atomic E-state index is -3.08. The number of benzene rings is 1. The van der Waals surface area contributed by atoms with Crippen LogP contribution in [0.15, 0.2) is 43.0 Å². The lowest BCUT2D eigenvalue weighted by Crippen LogP contribution is -2.28. The summed E-state index contributed by atoms with van der Waals surface area (Å²) in [4.78, 5) is 13.1. The Balaban J connectivity index is 1.73. The third-order valence-electron chi connectivity index (χ3n) is 4.99. The summed E-state index contributed by atoms with van der Waals surface area (Å²) >= 11 is 0. The Bertz CT molecular complexity index is 728. The van der Waals surface area contributed by atoms with Gasteiger partial charge in [0.15, 0.2) is 0 Å². The van der Waals surface area contributed by atoms with Gasteiger partial charge in [0.2, 0.25) is 0 Å². The van der Waals surface area contributed by atoms with Gasteiger partial charge in [-0.15, -0.1) is 23.1 Å². The summed E-state index contributed by atoms with van der Waals surface area (Å²) in [5.41, 5.74) is 3.98. The molecule has 0 N–H and O–H groups in total. The van der Waals surface area contributed by atoms with Crippen LogP contribution >= 0.6 is 7.87 Å². The van der Waals surface area contributed by atoms with Crippen LogP contribution in [0.2, 0.25) is 0 Å². The first-order valence-corrected chi connectivity index (χ1v) is 11.8. The molecule has 0 aliphatic carbocycles. The fourth-order valence-corrected chi connectivity index (χ4v) is 4.98. The van der Waals surface area contributed by atoms with E-state index in [0.29, 0.717) is 0 Å². The van der Waals surface area contributed by atoms with Crippen molar-refractivity contribution in [3.05, 3.63) is 48.6 Å². The molecule has 1 aromatic carbocycles. The van der Waals surface area contributed by atoms with Crippen LogP contribution in [0.5, 0.6) is 0 Å². The van der Waals surface area contributed by atoms with Crippen LogP contribution in [0.4, 0.5) is 0 Å². The van der Waals surface area contributed by atoms with Gasteiger partial charge in [-0.2, -0.15) is 4.52 Å². The maximum absolute atomic E-state index is 13.1. The fourth-order valence-electron chi connectivity index (χ4n) is 3.10.